The van der Waals surface area contributed by atoms with Gasteiger partial charge in [-0.2, -0.15) is 0 Å². The summed E-state index contributed by atoms with van der Waals surface area (Å²) in [5.74, 6) is -1.22. The molecule has 0 aliphatic heterocycles. The molecule has 6 heteroatoms. The number of ketones is 1. The molecule has 0 aromatic carbocycles. The van der Waals surface area contributed by atoms with Gasteiger partial charge in [-0.3, -0.25) is 9.59 Å². The molecule has 3 atom stereocenters. The number of carbonyl (C=O) groups is 2. The molecule has 6 nitrogen and oxygen atoms in total. The third-order valence-corrected chi connectivity index (χ3v) is 4.30. The van der Waals surface area contributed by atoms with Gasteiger partial charge in [0.05, 0.1) is 12.2 Å². The molecule has 0 aliphatic carbocycles. The van der Waals surface area contributed by atoms with Gasteiger partial charge in [0.2, 0.25) is 0 Å². The Balaban J connectivity index is 4.15. The molecule has 0 rings (SSSR count). The molecule has 3 unspecified atom stereocenters. The SMILES string of the molecule is C=C(/C=C(/C)CC(O)C(O)CC)C(=O)C(O)CCCCCCCC(=O)O. The summed E-state index contributed by atoms with van der Waals surface area (Å²) in [6.45, 7) is 7.21. The maximum absolute atomic E-state index is 12.1. The zero-order valence-electron chi connectivity index (χ0n) is 16.0. The zero-order chi connectivity index (χ0) is 20.1. The van der Waals surface area contributed by atoms with Crippen LogP contribution in [0.1, 0.15) is 71.6 Å². The van der Waals surface area contributed by atoms with E-state index in [-0.39, 0.29) is 18.4 Å². The first-order valence-corrected chi connectivity index (χ1v) is 9.35. The summed E-state index contributed by atoms with van der Waals surface area (Å²) in [6, 6.07) is 0. The lowest BCUT2D eigenvalue weighted by molar-refractivity contribution is -0.137. The van der Waals surface area contributed by atoms with Gasteiger partial charge in [0.25, 0.3) is 0 Å². The lowest BCUT2D eigenvalue weighted by Gasteiger charge is -2.16. The third kappa shape index (κ3) is 11.2. The molecule has 0 aromatic rings. The number of Topliss-reactive ketones (excluding diaryl/α,β-unsaturated/α-hetero) is 1. The summed E-state index contributed by atoms with van der Waals surface area (Å²) in [6.07, 6.45) is 3.87. The Morgan fingerprint density at radius 1 is 1.00 bits per heavy atom. The maximum atomic E-state index is 12.1. The predicted octanol–water partition coefficient (Wildman–Crippen LogP) is 2.76. The first-order valence-electron chi connectivity index (χ1n) is 9.35. The fraction of sp³-hybridized carbons (Fsp3) is 0.700. The number of carbonyl (C=O) groups excluding carboxylic acids is 1. The van der Waals surface area contributed by atoms with E-state index in [4.69, 9.17) is 5.11 Å². The smallest absolute Gasteiger partial charge is 0.303 e. The third-order valence-electron chi connectivity index (χ3n) is 4.30. The van der Waals surface area contributed by atoms with Crippen molar-refractivity contribution in [2.24, 2.45) is 0 Å². The fourth-order valence-corrected chi connectivity index (χ4v) is 2.65. The molecule has 4 N–H and O–H groups in total. The van der Waals surface area contributed by atoms with Crippen molar-refractivity contribution in [3.05, 3.63) is 23.8 Å². The number of aliphatic hydroxyl groups is 3. The van der Waals surface area contributed by atoms with Crippen molar-refractivity contribution >= 4 is 11.8 Å². The van der Waals surface area contributed by atoms with Gasteiger partial charge in [-0.05, 0) is 32.6 Å². The fourth-order valence-electron chi connectivity index (χ4n) is 2.65. The Hall–Kier alpha value is -1.50. The second kappa shape index (κ2) is 13.7. The molecule has 0 saturated heterocycles. The van der Waals surface area contributed by atoms with Gasteiger partial charge in [0.1, 0.15) is 6.10 Å². The largest absolute Gasteiger partial charge is 0.481 e. The van der Waals surface area contributed by atoms with Gasteiger partial charge in [-0.15, -0.1) is 0 Å². The Labute approximate surface area is 156 Å². The van der Waals surface area contributed by atoms with Crippen molar-refractivity contribution in [1.29, 1.82) is 0 Å². The molecular formula is C20H34O6. The van der Waals surface area contributed by atoms with Crippen LogP contribution in [0.15, 0.2) is 23.8 Å². The Kier molecular flexibility index (Phi) is 12.9. The minimum atomic E-state index is -1.10. The molecule has 0 heterocycles. The maximum Gasteiger partial charge on any atom is 0.303 e. The highest BCUT2D eigenvalue weighted by Gasteiger charge is 2.18. The summed E-state index contributed by atoms with van der Waals surface area (Å²) >= 11 is 0. The molecule has 0 aromatic heterocycles. The van der Waals surface area contributed by atoms with Crippen molar-refractivity contribution in [1.82, 2.24) is 0 Å². The number of carboxylic acids is 1. The molecule has 0 fully saturated rings. The Bertz CT molecular complexity index is 483. The number of carboxylic acid groups (broad SMARTS) is 1. The minimum absolute atomic E-state index is 0.177. The molecule has 0 amide bonds. The van der Waals surface area contributed by atoms with Crippen LogP contribution >= 0.6 is 0 Å². The lowest BCUT2D eigenvalue weighted by atomic mass is 9.97. The highest BCUT2D eigenvalue weighted by molar-refractivity contribution is 6.00. The summed E-state index contributed by atoms with van der Waals surface area (Å²) in [5.41, 5.74) is 0.906. The highest BCUT2D eigenvalue weighted by Crippen LogP contribution is 2.15. The summed E-state index contributed by atoms with van der Waals surface area (Å²) in [4.78, 5) is 22.5. The number of unbranched alkanes of at least 4 members (excludes halogenated alkanes) is 4. The van der Waals surface area contributed by atoms with Gasteiger partial charge >= 0.3 is 5.97 Å². The molecule has 0 aliphatic rings. The Morgan fingerprint density at radius 2 is 1.58 bits per heavy atom. The first-order chi connectivity index (χ1) is 12.2. The average molecular weight is 370 g/mol. The molecule has 26 heavy (non-hydrogen) atoms. The normalized spacial score (nSPS) is 15.3. The second-order valence-electron chi connectivity index (χ2n) is 6.84. The molecule has 150 valence electrons. The van der Waals surface area contributed by atoms with E-state index in [1.54, 1.807) is 19.9 Å². The van der Waals surface area contributed by atoms with Crippen molar-refractivity contribution in [2.75, 3.05) is 0 Å². The number of allylic oxidation sites excluding steroid dienone is 1. The minimum Gasteiger partial charge on any atom is -0.481 e. The van der Waals surface area contributed by atoms with Crippen LogP contribution in [0.3, 0.4) is 0 Å². The summed E-state index contributed by atoms with van der Waals surface area (Å²) < 4.78 is 0. The molecule has 0 spiro atoms. The number of aliphatic carboxylic acids is 1. The topological polar surface area (TPSA) is 115 Å². The number of aliphatic hydroxyl groups excluding tert-OH is 3. The number of hydrogen-bond donors (Lipinski definition) is 4. The van der Waals surface area contributed by atoms with Crippen LogP contribution in [0.25, 0.3) is 0 Å². The van der Waals surface area contributed by atoms with Crippen LogP contribution in [-0.4, -0.2) is 50.5 Å². The first kappa shape index (κ1) is 24.5. The van der Waals surface area contributed by atoms with Gasteiger partial charge in [-0.1, -0.05) is 50.8 Å². The van der Waals surface area contributed by atoms with E-state index >= 15 is 0 Å². The quantitative estimate of drug-likeness (QED) is 0.200. The summed E-state index contributed by atoms with van der Waals surface area (Å²) in [7, 11) is 0. The Morgan fingerprint density at radius 3 is 2.15 bits per heavy atom. The monoisotopic (exact) mass is 370 g/mol. The van der Waals surface area contributed by atoms with E-state index in [9.17, 15) is 24.9 Å². The second-order valence-corrected chi connectivity index (χ2v) is 6.84. The molecule has 0 saturated carbocycles. The van der Waals surface area contributed by atoms with E-state index < -0.39 is 30.1 Å². The van der Waals surface area contributed by atoms with Crippen molar-refractivity contribution < 1.29 is 30.0 Å². The molecular weight excluding hydrogens is 336 g/mol. The van der Waals surface area contributed by atoms with Gasteiger partial charge < -0.3 is 20.4 Å². The van der Waals surface area contributed by atoms with Crippen molar-refractivity contribution in [3.8, 4) is 0 Å². The van der Waals surface area contributed by atoms with E-state index in [2.05, 4.69) is 6.58 Å². The van der Waals surface area contributed by atoms with Crippen LogP contribution in [0, 0.1) is 0 Å². The van der Waals surface area contributed by atoms with E-state index in [0.717, 1.165) is 19.3 Å². The summed E-state index contributed by atoms with van der Waals surface area (Å²) in [5, 5.41) is 37.9. The zero-order valence-corrected chi connectivity index (χ0v) is 16.0. The average Bonchev–Trinajstić information content (AvgIpc) is 2.58. The number of hydrogen-bond acceptors (Lipinski definition) is 5. The van der Waals surface area contributed by atoms with Crippen LogP contribution in [0.5, 0.6) is 0 Å². The molecule has 0 bridgehead atoms. The van der Waals surface area contributed by atoms with Gasteiger partial charge in [0, 0.05) is 12.0 Å². The predicted molar refractivity (Wildman–Crippen MR) is 101 cm³/mol. The lowest BCUT2D eigenvalue weighted by Crippen LogP contribution is -2.25. The van der Waals surface area contributed by atoms with E-state index in [1.165, 1.54) is 0 Å². The van der Waals surface area contributed by atoms with Crippen molar-refractivity contribution in [2.45, 2.75) is 89.9 Å². The molecule has 0 radical (unpaired) electrons. The highest BCUT2D eigenvalue weighted by atomic mass is 16.4. The van der Waals surface area contributed by atoms with Crippen LogP contribution in [0.2, 0.25) is 0 Å². The van der Waals surface area contributed by atoms with Crippen LogP contribution in [0.4, 0.5) is 0 Å². The number of rotatable bonds is 15. The van der Waals surface area contributed by atoms with Crippen molar-refractivity contribution in [3.63, 3.8) is 0 Å². The van der Waals surface area contributed by atoms with Gasteiger partial charge in [-0.25, -0.2) is 0 Å². The van der Waals surface area contributed by atoms with Gasteiger partial charge in [0.15, 0.2) is 5.78 Å². The van der Waals surface area contributed by atoms with Crippen LogP contribution < -0.4 is 0 Å². The van der Waals surface area contributed by atoms with E-state index in [1.807, 2.05) is 0 Å². The van der Waals surface area contributed by atoms with Crippen LogP contribution in [-0.2, 0) is 9.59 Å². The standard InChI is InChI=1S/C20H34O6/c1-4-16(21)18(23)13-14(2)12-15(3)20(26)17(22)10-8-6-5-7-9-11-19(24)25/h12,16-18,21-23H,3-11,13H2,1-2H3,(H,24,25)/b14-12-. The van der Waals surface area contributed by atoms with E-state index in [0.29, 0.717) is 31.3 Å².